The second kappa shape index (κ2) is 12.6. The molecule has 1 fully saturated rings. The SMILES string of the molecule is CC(C)(C)OC(=O)N(Cc1cccc(-c2ccc(C3=Cc4ccc5c(c4CC3)CCc3ccccc3-5)s2)c1)OC1CCCCO1. The van der Waals surface area contributed by atoms with Crippen LogP contribution in [0.1, 0.15) is 79.1 Å². The largest absolute Gasteiger partial charge is 0.442 e. The van der Waals surface area contributed by atoms with Gasteiger partial charge in [0.2, 0.25) is 0 Å². The van der Waals surface area contributed by atoms with E-state index in [1.54, 1.807) is 5.56 Å². The predicted molar refractivity (Wildman–Crippen MR) is 182 cm³/mol. The minimum Gasteiger partial charge on any atom is -0.442 e. The quantitative estimate of drug-likeness (QED) is 0.202. The summed E-state index contributed by atoms with van der Waals surface area (Å²) in [5, 5.41) is 1.32. The van der Waals surface area contributed by atoms with Crippen molar-refractivity contribution in [2.45, 2.75) is 84.2 Å². The molecule has 1 aromatic heterocycles. The first-order valence-corrected chi connectivity index (χ1v) is 17.0. The van der Waals surface area contributed by atoms with Crippen molar-refractivity contribution in [1.82, 2.24) is 5.06 Å². The third-order valence-electron chi connectivity index (χ3n) is 8.83. The van der Waals surface area contributed by atoms with E-state index in [0.717, 1.165) is 56.1 Å². The number of fused-ring (bicyclic) bond motifs is 5. The number of carbonyl (C=O) groups is 1. The lowest BCUT2D eigenvalue weighted by atomic mass is 9.78. The van der Waals surface area contributed by atoms with Crippen LogP contribution in [0.25, 0.3) is 33.2 Å². The molecule has 2 heterocycles. The van der Waals surface area contributed by atoms with Crippen LogP contribution in [0.4, 0.5) is 4.79 Å². The Morgan fingerprint density at radius 2 is 1.73 bits per heavy atom. The van der Waals surface area contributed by atoms with E-state index in [9.17, 15) is 4.79 Å². The Morgan fingerprint density at radius 3 is 2.58 bits per heavy atom. The summed E-state index contributed by atoms with van der Waals surface area (Å²) in [4.78, 5) is 21.7. The number of rotatable bonds is 6. The Balaban J connectivity index is 1.10. The maximum atomic E-state index is 13.1. The molecule has 45 heavy (non-hydrogen) atoms. The van der Waals surface area contributed by atoms with E-state index in [4.69, 9.17) is 14.3 Å². The van der Waals surface area contributed by atoms with Gasteiger partial charge in [-0.1, -0.05) is 60.7 Å². The molecule has 4 aromatic rings. The highest BCUT2D eigenvalue weighted by Crippen LogP contribution is 2.42. The molecule has 0 bridgehead atoms. The zero-order valence-corrected chi connectivity index (χ0v) is 27.3. The van der Waals surface area contributed by atoms with E-state index >= 15 is 0 Å². The summed E-state index contributed by atoms with van der Waals surface area (Å²) >= 11 is 1.83. The maximum absolute atomic E-state index is 13.1. The average molecular weight is 620 g/mol. The van der Waals surface area contributed by atoms with Gasteiger partial charge in [-0.25, -0.2) is 9.63 Å². The standard InChI is InChI=1S/C39H41NO4S/c1-39(2,3)43-38(41)40(44-37-13-6-7-22-42-37)25-26-9-8-11-29(23-26)35-20-21-36(45-35)30-16-17-32-28(24-30)15-19-33-31-12-5-4-10-27(31)14-18-34(32)33/h4-5,8-12,15,19-21,23-24,37H,6-7,13-14,16-18,22,25H2,1-3H3. The van der Waals surface area contributed by atoms with Gasteiger partial charge in [-0.3, -0.25) is 0 Å². The Labute approximate surface area is 270 Å². The van der Waals surface area contributed by atoms with Crippen LogP contribution in [-0.4, -0.2) is 29.7 Å². The first-order chi connectivity index (χ1) is 21.8. The van der Waals surface area contributed by atoms with Crippen molar-refractivity contribution in [2.24, 2.45) is 0 Å². The number of benzene rings is 3. The van der Waals surface area contributed by atoms with Crippen molar-refractivity contribution in [3.05, 3.63) is 105 Å². The number of hydroxylamine groups is 2. The maximum Gasteiger partial charge on any atom is 0.434 e. The van der Waals surface area contributed by atoms with E-state index in [2.05, 4.69) is 66.7 Å². The van der Waals surface area contributed by atoms with Gasteiger partial charge in [0, 0.05) is 22.8 Å². The summed E-state index contributed by atoms with van der Waals surface area (Å²) < 4.78 is 11.4. The monoisotopic (exact) mass is 619 g/mol. The van der Waals surface area contributed by atoms with Crippen LogP contribution in [0.3, 0.4) is 0 Å². The minimum absolute atomic E-state index is 0.275. The summed E-state index contributed by atoms with van der Waals surface area (Å²) in [6.07, 6.45) is 8.64. The highest BCUT2D eigenvalue weighted by atomic mass is 32.1. The van der Waals surface area contributed by atoms with Crippen molar-refractivity contribution in [3.8, 4) is 21.6 Å². The van der Waals surface area contributed by atoms with Crippen LogP contribution in [0.2, 0.25) is 0 Å². The first-order valence-electron chi connectivity index (χ1n) is 16.2. The number of hydrogen-bond acceptors (Lipinski definition) is 5. The molecular formula is C39H41NO4S. The topological polar surface area (TPSA) is 48.0 Å². The Kier molecular flexibility index (Phi) is 8.38. The zero-order chi connectivity index (χ0) is 31.0. The number of ether oxygens (including phenoxy) is 2. The Hall–Kier alpha value is -3.71. The number of allylic oxidation sites excluding steroid dienone is 1. The smallest absolute Gasteiger partial charge is 0.434 e. The number of hydrogen-bond donors (Lipinski definition) is 0. The summed E-state index contributed by atoms with van der Waals surface area (Å²) in [5.74, 6) is 0. The van der Waals surface area contributed by atoms with Crippen LogP contribution in [0, 0.1) is 0 Å². The summed E-state index contributed by atoms with van der Waals surface area (Å²) in [7, 11) is 0. The third kappa shape index (κ3) is 6.64. The van der Waals surface area contributed by atoms with Gasteiger partial charge < -0.3 is 9.47 Å². The van der Waals surface area contributed by atoms with Crippen LogP contribution in [-0.2, 0) is 40.1 Å². The van der Waals surface area contributed by atoms with Gasteiger partial charge in [-0.05, 0) is 128 Å². The van der Waals surface area contributed by atoms with E-state index < -0.39 is 18.0 Å². The Bertz CT molecular complexity index is 1740. The molecule has 1 amide bonds. The van der Waals surface area contributed by atoms with Gasteiger partial charge in [0.25, 0.3) is 0 Å². The molecule has 3 aromatic carbocycles. The van der Waals surface area contributed by atoms with Gasteiger partial charge in [-0.2, -0.15) is 5.06 Å². The lowest BCUT2D eigenvalue weighted by Gasteiger charge is -2.31. The molecule has 6 heteroatoms. The van der Waals surface area contributed by atoms with Crippen molar-refractivity contribution >= 4 is 29.1 Å². The molecule has 3 aliphatic rings. The molecule has 5 nitrogen and oxygen atoms in total. The molecule has 7 rings (SSSR count). The molecule has 0 radical (unpaired) electrons. The van der Waals surface area contributed by atoms with Crippen molar-refractivity contribution in [3.63, 3.8) is 0 Å². The summed E-state index contributed by atoms with van der Waals surface area (Å²) in [6, 6.07) is 26.4. The fraction of sp³-hybridized carbons (Fsp3) is 0.359. The van der Waals surface area contributed by atoms with E-state index in [1.807, 2.05) is 44.2 Å². The number of amides is 1. The lowest BCUT2D eigenvalue weighted by Crippen LogP contribution is -2.40. The van der Waals surface area contributed by atoms with Gasteiger partial charge in [0.15, 0.2) is 6.29 Å². The van der Waals surface area contributed by atoms with Gasteiger partial charge in [0.1, 0.15) is 5.60 Å². The number of carbonyl (C=O) groups excluding carboxylic acids is 1. The lowest BCUT2D eigenvalue weighted by molar-refractivity contribution is -0.278. The normalized spacial score (nSPS) is 17.5. The average Bonchev–Trinajstić information content (AvgIpc) is 3.54. The number of aryl methyl sites for hydroxylation is 1. The molecule has 0 N–H and O–H groups in total. The molecule has 1 atom stereocenters. The van der Waals surface area contributed by atoms with Crippen molar-refractivity contribution in [2.75, 3.05) is 6.61 Å². The molecule has 0 spiro atoms. The molecule has 232 valence electrons. The highest BCUT2D eigenvalue weighted by molar-refractivity contribution is 7.16. The van der Waals surface area contributed by atoms with Crippen LogP contribution < -0.4 is 0 Å². The molecule has 1 unspecified atom stereocenters. The van der Waals surface area contributed by atoms with Crippen LogP contribution in [0.15, 0.2) is 72.8 Å². The molecular weight excluding hydrogens is 578 g/mol. The molecule has 2 aliphatic carbocycles. The van der Waals surface area contributed by atoms with E-state index in [0.29, 0.717) is 6.61 Å². The van der Waals surface area contributed by atoms with Crippen LogP contribution >= 0.6 is 11.3 Å². The zero-order valence-electron chi connectivity index (χ0n) is 26.4. The van der Waals surface area contributed by atoms with Crippen LogP contribution in [0.5, 0.6) is 0 Å². The second-order valence-electron chi connectivity index (χ2n) is 13.3. The number of thiophene rings is 1. The minimum atomic E-state index is -0.625. The fourth-order valence-corrected chi connectivity index (χ4v) is 7.75. The highest BCUT2D eigenvalue weighted by Gasteiger charge is 2.28. The summed E-state index contributed by atoms with van der Waals surface area (Å²) in [6.45, 7) is 6.51. The van der Waals surface area contributed by atoms with Crippen molar-refractivity contribution < 1.29 is 19.1 Å². The van der Waals surface area contributed by atoms with Gasteiger partial charge in [0.05, 0.1) is 6.54 Å². The predicted octanol–water partition coefficient (Wildman–Crippen LogP) is 9.86. The van der Waals surface area contributed by atoms with Gasteiger partial charge in [-0.15, -0.1) is 11.3 Å². The first kappa shape index (κ1) is 30.0. The molecule has 0 saturated carbocycles. The van der Waals surface area contributed by atoms with E-state index in [1.165, 1.54) is 48.2 Å². The van der Waals surface area contributed by atoms with Gasteiger partial charge >= 0.3 is 6.09 Å². The third-order valence-corrected chi connectivity index (χ3v) is 10.0. The summed E-state index contributed by atoms with van der Waals surface area (Å²) in [5.41, 5.74) is 11.6. The molecule has 1 aliphatic heterocycles. The van der Waals surface area contributed by atoms with Crippen molar-refractivity contribution in [1.29, 1.82) is 0 Å². The molecule has 1 saturated heterocycles. The fourth-order valence-electron chi connectivity index (χ4n) is 6.70. The second-order valence-corrected chi connectivity index (χ2v) is 14.4. The Morgan fingerprint density at radius 1 is 0.889 bits per heavy atom. The number of nitrogens with zero attached hydrogens (tertiary/aromatic N) is 1. The van der Waals surface area contributed by atoms with E-state index in [-0.39, 0.29) is 6.54 Å².